The molecule has 0 bridgehead atoms. The fourth-order valence-electron chi connectivity index (χ4n) is 2.51. The van der Waals surface area contributed by atoms with E-state index in [9.17, 15) is 0 Å². The van der Waals surface area contributed by atoms with Gasteiger partial charge in [-0.25, -0.2) is 0 Å². The van der Waals surface area contributed by atoms with E-state index < -0.39 is 0 Å². The zero-order valence-electron chi connectivity index (χ0n) is 11.6. The highest BCUT2D eigenvalue weighted by Crippen LogP contribution is 2.25. The van der Waals surface area contributed by atoms with Crippen LogP contribution in [0.5, 0.6) is 0 Å². The lowest BCUT2D eigenvalue weighted by molar-refractivity contribution is 0.154. The fourth-order valence-corrected chi connectivity index (χ4v) is 3.64. The van der Waals surface area contributed by atoms with E-state index in [0.717, 1.165) is 24.1 Å². The topological polar surface area (TPSA) is 28.4 Å². The van der Waals surface area contributed by atoms with Crippen molar-refractivity contribution in [2.45, 2.75) is 44.6 Å². The summed E-state index contributed by atoms with van der Waals surface area (Å²) < 4.78 is 5.32. The molecule has 0 amide bonds. The van der Waals surface area contributed by atoms with Gasteiger partial charge in [0.15, 0.2) is 0 Å². The molecule has 1 saturated heterocycles. The first-order valence-electron chi connectivity index (χ1n) is 6.79. The number of nitrogens with one attached hydrogen (secondary N) is 1. The van der Waals surface area contributed by atoms with Crippen LogP contribution < -0.4 is 5.32 Å². The van der Waals surface area contributed by atoms with Crippen LogP contribution in [0.2, 0.25) is 0 Å². The molecule has 0 radical (unpaired) electrons. The van der Waals surface area contributed by atoms with Crippen molar-refractivity contribution in [2.75, 3.05) is 18.8 Å². The van der Waals surface area contributed by atoms with Gasteiger partial charge in [0, 0.05) is 36.2 Å². The van der Waals surface area contributed by atoms with Gasteiger partial charge >= 0.3 is 0 Å². The molecule has 2 rings (SSSR count). The first-order valence-corrected chi connectivity index (χ1v) is 7.84. The molecule has 102 valence electrons. The molecule has 1 aromatic heterocycles. The predicted molar refractivity (Wildman–Crippen MR) is 78.0 cm³/mol. The molecule has 0 spiro atoms. The molecule has 3 nitrogen and oxygen atoms in total. The van der Waals surface area contributed by atoms with Crippen molar-refractivity contribution in [3.05, 3.63) is 24.2 Å². The van der Waals surface area contributed by atoms with Crippen LogP contribution in [0.15, 0.2) is 22.8 Å². The summed E-state index contributed by atoms with van der Waals surface area (Å²) in [5.41, 5.74) is 0. The van der Waals surface area contributed by atoms with E-state index in [-0.39, 0.29) is 0 Å². The van der Waals surface area contributed by atoms with Crippen molar-refractivity contribution in [3.8, 4) is 0 Å². The van der Waals surface area contributed by atoms with Crippen LogP contribution in [-0.2, 0) is 6.54 Å². The van der Waals surface area contributed by atoms with Crippen LogP contribution in [-0.4, -0.2) is 41.1 Å². The third-order valence-corrected chi connectivity index (χ3v) is 5.16. The largest absolute Gasteiger partial charge is 0.468 e. The van der Waals surface area contributed by atoms with Gasteiger partial charge in [-0.1, -0.05) is 6.92 Å². The van der Waals surface area contributed by atoms with Gasteiger partial charge in [-0.3, -0.25) is 4.90 Å². The fraction of sp³-hybridized carbons (Fsp3) is 0.714. The molecule has 0 aliphatic carbocycles. The third-order valence-electron chi connectivity index (χ3n) is 3.82. The average molecular weight is 268 g/mol. The summed E-state index contributed by atoms with van der Waals surface area (Å²) in [6, 6.07) is 5.20. The minimum Gasteiger partial charge on any atom is -0.468 e. The molecular weight excluding hydrogens is 244 g/mol. The summed E-state index contributed by atoms with van der Waals surface area (Å²) in [7, 11) is 0. The van der Waals surface area contributed by atoms with Gasteiger partial charge < -0.3 is 9.73 Å². The lowest BCUT2D eigenvalue weighted by atomic mass is 10.1. The van der Waals surface area contributed by atoms with Crippen molar-refractivity contribution < 1.29 is 4.42 Å². The molecule has 3 atom stereocenters. The summed E-state index contributed by atoms with van der Waals surface area (Å²) in [6.07, 6.45) is 1.73. The molecule has 1 aliphatic heterocycles. The molecule has 4 heteroatoms. The highest BCUT2D eigenvalue weighted by molar-refractivity contribution is 8.00. The average Bonchev–Trinajstić information content (AvgIpc) is 2.85. The van der Waals surface area contributed by atoms with Gasteiger partial charge in [-0.2, -0.15) is 11.8 Å². The van der Waals surface area contributed by atoms with Crippen LogP contribution in [0.1, 0.15) is 26.5 Å². The molecule has 18 heavy (non-hydrogen) atoms. The lowest BCUT2D eigenvalue weighted by Crippen LogP contribution is -2.51. The Kier molecular flexibility index (Phi) is 5.15. The molecule has 1 N–H and O–H groups in total. The number of hydrogen-bond donors (Lipinski definition) is 1. The molecule has 1 aliphatic rings. The van der Waals surface area contributed by atoms with E-state index >= 15 is 0 Å². The van der Waals surface area contributed by atoms with Gasteiger partial charge in [0.05, 0.1) is 12.8 Å². The summed E-state index contributed by atoms with van der Waals surface area (Å²) in [4.78, 5) is 2.62. The third kappa shape index (κ3) is 3.53. The summed E-state index contributed by atoms with van der Waals surface area (Å²) in [5.74, 6) is 2.27. The maximum atomic E-state index is 5.32. The van der Waals surface area contributed by atoms with Gasteiger partial charge in [0.25, 0.3) is 0 Å². The maximum absolute atomic E-state index is 5.32. The van der Waals surface area contributed by atoms with Gasteiger partial charge in [-0.15, -0.1) is 0 Å². The Hall–Kier alpha value is -0.450. The summed E-state index contributed by atoms with van der Waals surface area (Å²) >= 11 is 2.09. The maximum Gasteiger partial charge on any atom is 0.117 e. The van der Waals surface area contributed by atoms with Crippen LogP contribution in [0.4, 0.5) is 0 Å². The molecule has 1 aromatic rings. The monoisotopic (exact) mass is 268 g/mol. The second kappa shape index (κ2) is 6.64. The van der Waals surface area contributed by atoms with E-state index in [1.54, 1.807) is 6.26 Å². The highest BCUT2D eigenvalue weighted by atomic mass is 32.2. The first-order chi connectivity index (χ1) is 8.68. The number of nitrogens with zero attached hydrogens (tertiary/aromatic N) is 1. The molecule has 3 unspecified atom stereocenters. The van der Waals surface area contributed by atoms with Crippen LogP contribution >= 0.6 is 11.8 Å². The summed E-state index contributed by atoms with van der Waals surface area (Å²) in [6.45, 7) is 10.0. The second-order valence-electron chi connectivity index (χ2n) is 5.11. The van der Waals surface area contributed by atoms with E-state index in [4.69, 9.17) is 4.42 Å². The van der Waals surface area contributed by atoms with Crippen LogP contribution in [0, 0.1) is 0 Å². The van der Waals surface area contributed by atoms with Gasteiger partial charge in [-0.05, 0) is 26.0 Å². The van der Waals surface area contributed by atoms with Crippen LogP contribution in [0.25, 0.3) is 0 Å². The van der Waals surface area contributed by atoms with Crippen molar-refractivity contribution in [1.29, 1.82) is 0 Å². The van der Waals surface area contributed by atoms with E-state index in [1.807, 2.05) is 12.1 Å². The quantitative estimate of drug-likeness (QED) is 0.888. The van der Waals surface area contributed by atoms with Gasteiger partial charge in [0.2, 0.25) is 0 Å². The molecule has 0 aromatic carbocycles. The number of thioether (sulfide) groups is 1. The lowest BCUT2D eigenvalue weighted by Gasteiger charge is -2.41. The zero-order valence-corrected chi connectivity index (χ0v) is 12.4. The molecule has 1 fully saturated rings. The first kappa shape index (κ1) is 14.0. The second-order valence-corrected chi connectivity index (χ2v) is 6.60. The van der Waals surface area contributed by atoms with Crippen molar-refractivity contribution in [1.82, 2.24) is 10.2 Å². The number of hydrogen-bond acceptors (Lipinski definition) is 4. The number of furan rings is 1. The van der Waals surface area contributed by atoms with E-state index in [0.29, 0.717) is 12.1 Å². The van der Waals surface area contributed by atoms with Crippen molar-refractivity contribution in [2.24, 2.45) is 0 Å². The molecular formula is C14H24N2OS. The SMILES string of the molecule is CC1SCCN(C(C)CNCc2ccco2)C1C. The Morgan fingerprint density at radius 3 is 3.11 bits per heavy atom. The Balaban J connectivity index is 1.75. The standard InChI is InChI=1S/C14H24N2OS/c1-11(9-15-10-14-5-4-7-17-14)16-6-8-18-13(3)12(16)2/h4-5,7,11-13,15H,6,8-10H2,1-3H3. The zero-order chi connectivity index (χ0) is 13.0. The Morgan fingerprint density at radius 2 is 2.39 bits per heavy atom. The van der Waals surface area contributed by atoms with E-state index in [1.165, 1.54) is 12.3 Å². The predicted octanol–water partition coefficient (Wildman–Crippen LogP) is 2.58. The minimum atomic E-state index is 0.582. The Morgan fingerprint density at radius 1 is 1.56 bits per heavy atom. The number of rotatable bonds is 5. The minimum absolute atomic E-state index is 0.582. The molecule has 0 saturated carbocycles. The highest BCUT2D eigenvalue weighted by Gasteiger charge is 2.28. The Labute approximate surface area is 114 Å². The van der Waals surface area contributed by atoms with Crippen molar-refractivity contribution in [3.63, 3.8) is 0 Å². The Bertz CT molecular complexity index is 342. The van der Waals surface area contributed by atoms with E-state index in [2.05, 4.69) is 42.7 Å². The summed E-state index contributed by atoms with van der Waals surface area (Å²) in [5, 5.41) is 4.22. The van der Waals surface area contributed by atoms with Crippen molar-refractivity contribution >= 4 is 11.8 Å². The van der Waals surface area contributed by atoms with Crippen LogP contribution in [0.3, 0.4) is 0 Å². The van der Waals surface area contributed by atoms with Gasteiger partial charge in [0.1, 0.15) is 5.76 Å². The molecule has 2 heterocycles. The normalized spacial score (nSPS) is 27.3. The smallest absolute Gasteiger partial charge is 0.117 e.